The van der Waals surface area contributed by atoms with Crippen LogP contribution < -0.4 is 0 Å². The number of fused-ring (bicyclic) bond motifs is 1. The lowest BCUT2D eigenvalue weighted by Gasteiger charge is -2.20. The van der Waals surface area contributed by atoms with E-state index in [0.29, 0.717) is 34.4 Å². The monoisotopic (exact) mass is 338 g/mol. The number of amides is 1. The lowest BCUT2D eigenvalue weighted by Crippen LogP contribution is -2.31. The van der Waals surface area contributed by atoms with E-state index in [9.17, 15) is 9.18 Å². The highest BCUT2D eigenvalue weighted by molar-refractivity contribution is 5.97. The number of rotatable bonds is 5. The highest BCUT2D eigenvalue weighted by Gasteiger charge is 2.14. The van der Waals surface area contributed by atoms with Gasteiger partial charge in [-0.1, -0.05) is 6.92 Å². The fourth-order valence-corrected chi connectivity index (χ4v) is 2.67. The zero-order chi connectivity index (χ0) is 17.8. The van der Waals surface area contributed by atoms with Crippen LogP contribution in [-0.2, 0) is 0 Å². The smallest absolute Gasteiger partial charge is 0.253 e. The first-order valence-corrected chi connectivity index (χ1v) is 8.30. The highest BCUT2D eigenvalue weighted by Crippen LogP contribution is 2.20. The summed E-state index contributed by atoms with van der Waals surface area (Å²) in [6, 6.07) is 8.21. The third-order valence-electron chi connectivity index (χ3n) is 3.97. The summed E-state index contributed by atoms with van der Waals surface area (Å²) in [5, 5.41) is 0. The lowest BCUT2D eigenvalue weighted by atomic mass is 10.1. The van der Waals surface area contributed by atoms with Gasteiger partial charge in [0.2, 0.25) is 5.95 Å². The van der Waals surface area contributed by atoms with E-state index in [0.717, 1.165) is 13.0 Å². The fraction of sp³-hybridized carbons (Fsp3) is 0.263. The minimum atomic E-state index is -0.541. The second-order valence-corrected chi connectivity index (χ2v) is 5.71. The maximum atomic E-state index is 13.0. The number of nitrogens with zero attached hydrogens (tertiary/aromatic N) is 4. The molecule has 0 N–H and O–H groups in total. The molecule has 6 heteroatoms. The Morgan fingerprint density at radius 2 is 1.92 bits per heavy atom. The average Bonchev–Trinajstić information content (AvgIpc) is 2.65. The molecule has 2 heterocycles. The molecule has 0 bridgehead atoms. The van der Waals surface area contributed by atoms with Crippen molar-refractivity contribution < 1.29 is 9.18 Å². The maximum Gasteiger partial charge on any atom is 0.253 e. The molecule has 0 fully saturated rings. The third kappa shape index (κ3) is 3.63. The van der Waals surface area contributed by atoms with Gasteiger partial charge in [0.25, 0.3) is 5.91 Å². The zero-order valence-electron chi connectivity index (χ0n) is 14.2. The average molecular weight is 338 g/mol. The summed E-state index contributed by atoms with van der Waals surface area (Å²) < 4.78 is 13.0. The molecule has 2 aromatic heterocycles. The van der Waals surface area contributed by atoms with Crippen molar-refractivity contribution in [3.05, 3.63) is 54.2 Å². The number of carbonyl (C=O) groups excluding carboxylic acids is 1. The summed E-state index contributed by atoms with van der Waals surface area (Å²) in [7, 11) is 0. The molecule has 1 aromatic carbocycles. The van der Waals surface area contributed by atoms with Crippen LogP contribution in [0.15, 0.2) is 42.7 Å². The number of carbonyl (C=O) groups is 1. The molecule has 0 radical (unpaired) electrons. The largest absolute Gasteiger partial charge is 0.339 e. The fourth-order valence-electron chi connectivity index (χ4n) is 2.67. The number of pyridine rings is 1. The van der Waals surface area contributed by atoms with E-state index in [2.05, 4.69) is 15.0 Å². The van der Waals surface area contributed by atoms with Crippen molar-refractivity contribution in [3.63, 3.8) is 0 Å². The Morgan fingerprint density at radius 3 is 2.60 bits per heavy atom. The summed E-state index contributed by atoms with van der Waals surface area (Å²) in [4.78, 5) is 27.0. The minimum Gasteiger partial charge on any atom is -0.339 e. The van der Waals surface area contributed by atoms with E-state index in [1.807, 2.05) is 18.7 Å². The lowest BCUT2D eigenvalue weighted by molar-refractivity contribution is 0.0764. The van der Waals surface area contributed by atoms with Crippen molar-refractivity contribution in [2.24, 2.45) is 0 Å². The van der Waals surface area contributed by atoms with Crippen molar-refractivity contribution in [3.8, 4) is 11.3 Å². The molecule has 0 aliphatic carbocycles. The Morgan fingerprint density at radius 1 is 1.08 bits per heavy atom. The molecular weight excluding hydrogens is 319 g/mol. The molecule has 5 nitrogen and oxygen atoms in total. The zero-order valence-corrected chi connectivity index (χ0v) is 14.2. The van der Waals surface area contributed by atoms with E-state index in [4.69, 9.17) is 0 Å². The SMILES string of the molecule is CCCN(CC)C(=O)c1ccc2ncc(-c3ccc(F)nc3)nc2c1. The first-order valence-electron chi connectivity index (χ1n) is 8.30. The Kier molecular flexibility index (Phi) is 4.97. The van der Waals surface area contributed by atoms with E-state index in [1.165, 1.54) is 12.3 Å². The van der Waals surface area contributed by atoms with E-state index in [-0.39, 0.29) is 5.91 Å². The molecule has 0 spiro atoms. The Hall–Kier alpha value is -2.89. The molecule has 0 aliphatic heterocycles. The third-order valence-corrected chi connectivity index (χ3v) is 3.97. The van der Waals surface area contributed by atoms with Crippen LogP contribution in [0.25, 0.3) is 22.3 Å². The van der Waals surface area contributed by atoms with Crippen LogP contribution in [0.1, 0.15) is 30.6 Å². The van der Waals surface area contributed by atoms with Gasteiger partial charge in [-0.2, -0.15) is 4.39 Å². The summed E-state index contributed by atoms with van der Waals surface area (Å²) >= 11 is 0. The molecule has 3 rings (SSSR count). The second kappa shape index (κ2) is 7.34. The van der Waals surface area contributed by atoms with Gasteiger partial charge in [0.05, 0.1) is 22.9 Å². The normalized spacial score (nSPS) is 10.8. The summed E-state index contributed by atoms with van der Waals surface area (Å²) in [5.74, 6) is -0.553. The van der Waals surface area contributed by atoms with Crippen LogP contribution in [0.4, 0.5) is 4.39 Å². The summed E-state index contributed by atoms with van der Waals surface area (Å²) in [5.41, 5.74) is 3.18. The maximum absolute atomic E-state index is 13.0. The number of benzene rings is 1. The predicted octanol–water partition coefficient (Wildman–Crippen LogP) is 3.70. The van der Waals surface area contributed by atoms with Crippen molar-refractivity contribution in [1.29, 1.82) is 0 Å². The van der Waals surface area contributed by atoms with Crippen molar-refractivity contribution in [2.45, 2.75) is 20.3 Å². The van der Waals surface area contributed by atoms with Gasteiger partial charge in [-0.15, -0.1) is 0 Å². The number of hydrogen-bond acceptors (Lipinski definition) is 4. The number of halogens is 1. The molecule has 128 valence electrons. The van der Waals surface area contributed by atoms with E-state index >= 15 is 0 Å². The molecule has 25 heavy (non-hydrogen) atoms. The van der Waals surface area contributed by atoms with E-state index < -0.39 is 5.95 Å². The van der Waals surface area contributed by atoms with Crippen molar-refractivity contribution in [1.82, 2.24) is 19.9 Å². The molecule has 0 atom stereocenters. The van der Waals surface area contributed by atoms with Gasteiger partial charge in [0.15, 0.2) is 0 Å². The van der Waals surface area contributed by atoms with Crippen LogP contribution in [0.5, 0.6) is 0 Å². The van der Waals surface area contributed by atoms with Crippen molar-refractivity contribution >= 4 is 16.9 Å². The standard InChI is InChI=1S/C19H19FN4O/c1-3-9-24(4-2)19(25)13-5-7-15-16(10-13)23-17(12-21-15)14-6-8-18(20)22-11-14/h5-8,10-12H,3-4,9H2,1-2H3. The molecule has 0 saturated heterocycles. The summed E-state index contributed by atoms with van der Waals surface area (Å²) in [6.07, 6.45) is 3.95. The molecule has 0 saturated carbocycles. The summed E-state index contributed by atoms with van der Waals surface area (Å²) in [6.45, 7) is 5.40. The Balaban J connectivity index is 1.98. The Labute approximate surface area is 145 Å². The predicted molar refractivity (Wildman–Crippen MR) is 94.6 cm³/mol. The second-order valence-electron chi connectivity index (χ2n) is 5.71. The topological polar surface area (TPSA) is 59.0 Å². The van der Waals surface area contributed by atoms with Gasteiger partial charge >= 0.3 is 0 Å². The first-order chi connectivity index (χ1) is 12.1. The molecule has 1 amide bonds. The quantitative estimate of drug-likeness (QED) is 0.666. The van der Waals surface area contributed by atoms with Crippen LogP contribution in [0.3, 0.4) is 0 Å². The van der Waals surface area contributed by atoms with Crippen molar-refractivity contribution in [2.75, 3.05) is 13.1 Å². The number of aromatic nitrogens is 3. The molecule has 0 unspecified atom stereocenters. The van der Waals surface area contributed by atoms with Gasteiger partial charge in [-0.3, -0.25) is 9.78 Å². The van der Waals surface area contributed by atoms with Gasteiger partial charge in [0.1, 0.15) is 0 Å². The Bertz CT molecular complexity index is 896. The first kappa shape index (κ1) is 17.0. The molecule has 0 aliphatic rings. The highest BCUT2D eigenvalue weighted by atomic mass is 19.1. The van der Waals surface area contributed by atoms with Crippen LogP contribution in [0, 0.1) is 5.95 Å². The van der Waals surface area contributed by atoms with Gasteiger partial charge in [0, 0.05) is 30.4 Å². The minimum absolute atomic E-state index is 0.0121. The van der Waals surface area contributed by atoms with Gasteiger partial charge < -0.3 is 4.90 Å². The number of hydrogen-bond donors (Lipinski definition) is 0. The molecule has 3 aromatic rings. The van der Waals surface area contributed by atoms with Gasteiger partial charge in [-0.05, 0) is 43.7 Å². The van der Waals surface area contributed by atoms with Gasteiger partial charge in [-0.25, -0.2) is 9.97 Å². The van der Waals surface area contributed by atoms with Crippen LogP contribution in [0.2, 0.25) is 0 Å². The van der Waals surface area contributed by atoms with Crippen LogP contribution >= 0.6 is 0 Å². The van der Waals surface area contributed by atoms with Crippen LogP contribution in [-0.4, -0.2) is 38.8 Å². The molecular formula is C19H19FN4O. The van der Waals surface area contributed by atoms with E-state index in [1.54, 1.807) is 30.5 Å².